The molecular weight excluding hydrogens is 212 g/mol. The fourth-order valence-corrected chi connectivity index (χ4v) is 2.02. The van der Waals surface area contributed by atoms with Crippen LogP contribution < -0.4 is 10.6 Å². The zero-order chi connectivity index (χ0) is 12.4. The molecule has 0 saturated heterocycles. The Hall–Kier alpha value is -1.16. The van der Waals surface area contributed by atoms with E-state index in [0.29, 0.717) is 18.5 Å². The van der Waals surface area contributed by atoms with Crippen LogP contribution in [-0.4, -0.2) is 22.6 Å². The van der Waals surface area contributed by atoms with Crippen molar-refractivity contribution in [2.75, 3.05) is 11.4 Å². The van der Waals surface area contributed by atoms with Gasteiger partial charge in [-0.2, -0.15) is 0 Å². The number of rotatable bonds is 5. The van der Waals surface area contributed by atoms with Gasteiger partial charge < -0.3 is 10.6 Å². The largest absolute Gasteiger partial charge is 0.338 e. The van der Waals surface area contributed by atoms with E-state index in [1.165, 1.54) is 12.8 Å². The number of nitrogens with zero attached hydrogens (tertiary/aromatic N) is 3. The Morgan fingerprint density at radius 1 is 1.41 bits per heavy atom. The quantitative estimate of drug-likeness (QED) is 0.845. The summed E-state index contributed by atoms with van der Waals surface area (Å²) in [5.41, 5.74) is 7.61. The molecule has 0 bridgehead atoms. The van der Waals surface area contributed by atoms with Crippen LogP contribution in [0.4, 0.5) is 5.95 Å². The molecule has 17 heavy (non-hydrogen) atoms. The van der Waals surface area contributed by atoms with Crippen LogP contribution >= 0.6 is 0 Å². The van der Waals surface area contributed by atoms with Crippen molar-refractivity contribution in [1.82, 2.24) is 9.97 Å². The lowest BCUT2D eigenvalue weighted by Crippen LogP contribution is -2.32. The second kappa shape index (κ2) is 5.00. The smallest absolute Gasteiger partial charge is 0.226 e. The number of anilines is 1. The van der Waals surface area contributed by atoms with Crippen molar-refractivity contribution in [3.63, 3.8) is 0 Å². The van der Waals surface area contributed by atoms with E-state index in [0.717, 1.165) is 23.9 Å². The predicted octanol–water partition coefficient (Wildman–Crippen LogP) is 1.87. The third-order valence-corrected chi connectivity index (χ3v) is 2.91. The Balaban J connectivity index is 2.25. The maximum Gasteiger partial charge on any atom is 0.226 e. The second-order valence-corrected chi connectivity index (χ2v) is 5.28. The Morgan fingerprint density at radius 2 is 2.12 bits per heavy atom. The third kappa shape index (κ3) is 3.16. The molecule has 1 aliphatic carbocycles. The average Bonchev–Trinajstić information content (AvgIpc) is 3.08. The van der Waals surface area contributed by atoms with Gasteiger partial charge in [0.05, 0.1) is 5.69 Å². The Kier molecular flexibility index (Phi) is 3.62. The van der Waals surface area contributed by atoms with Crippen molar-refractivity contribution in [3.05, 3.63) is 17.5 Å². The van der Waals surface area contributed by atoms with Gasteiger partial charge in [-0.3, -0.25) is 0 Å². The summed E-state index contributed by atoms with van der Waals surface area (Å²) in [6.45, 7) is 7.98. The first-order chi connectivity index (χ1) is 8.10. The summed E-state index contributed by atoms with van der Waals surface area (Å²) in [5, 5.41) is 0. The van der Waals surface area contributed by atoms with Gasteiger partial charge in [-0.15, -0.1) is 0 Å². The van der Waals surface area contributed by atoms with Gasteiger partial charge in [-0.05, 0) is 31.7 Å². The average molecular weight is 234 g/mol. The SMILES string of the molecule is Cc1cc(CN)nc(N(CC(C)C)C2CC2)n1. The van der Waals surface area contributed by atoms with E-state index in [-0.39, 0.29) is 0 Å². The summed E-state index contributed by atoms with van der Waals surface area (Å²) in [7, 11) is 0. The molecule has 94 valence electrons. The van der Waals surface area contributed by atoms with E-state index < -0.39 is 0 Å². The lowest BCUT2D eigenvalue weighted by atomic mass is 10.2. The van der Waals surface area contributed by atoms with E-state index in [9.17, 15) is 0 Å². The van der Waals surface area contributed by atoms with Crippen molar-refractivity contribution < 1.29 is 0 Å². The molecule has 0 spiro atoms. The van der Waals surface area contributed by atoms with Crippen molar-refractivity contribution in [3.8, 4) is 0 Å². The molecule has 0 atom stereocenters. The molecule has 1 aromatic heterocycles. The van der Waals surface area contributed by atoms with Crippen LogP contribution in [0, 0.1) is 12.8 Å². The molecule has 0 aliphatic heterocycles. The molecule has 0 aromatic carbocycles. The Morgan fingerprint density at radius 3 is 2.65 bits per heavy atom. The molecule has 1 aromatic rings. The number of hydrogen-bond acceptors (Lipinski definition) is 4. The van der Waals surface area contributed by atoms with Crippen molar-refractivity contribution in [2.45, 2.75) is 46.2 Å². The van der Waals surface area contributed by atoms with Crippen molar-refractivity contribution >= 4 is 5.95 Å². The van der Waals surface area contributed by atoms with Crippen LogP contribution in [0.3, 0.4) is 0 Å². The Labute approximate surface area is 103 Å². The normalized spacial score (nSPS) is 15.4. The zero-order valence-corrected chi connectivity index (χ0v) is 11.0. The molecule has 1 fully saturated rings. The molecule has 0 radical (unpaired) electrons. The molecule has 1 saturated carbocycles. The lowest BCUT2D eigenvalue weighted by Gasteiger charge is -2.25. The summed E-state index contributed by atoms with van der Waals surface area (Å²) in [5.74, 6) is 1.49. The molecule has 4 heteroatoms. The summed E-state index contributed by atoms with van der Waals surface area (Å²) < 4.78 is 0. The molecule has 2 N–H and O–H groups in total. The van der Waals surface area contributed by atoms with E-state index in [2.05, 4.69) is 28.7 Å². The number of nitrogens with two attached hydrogens (primary N) is 1. The number of aryl methyl sites for hydroxylation is 1. The minimum Gasteiger partial charge on any atom is -0.338 e. The highest BCUT2D eigenvalue weighted by Crippen LogP contribution is 2.30. The van der Waals surface area contributed by atoms with Crippen LogP contribution in [0.5, 0.6) is 0 Å². The standard InChI is InChI=1S/C13H22N4/c1-9(2)8-17(12-4-5-12)13-15-10(3)6-11(7-14)16-13/h6,9,12H,4-5,7-8,14H2,1-3H3. The molecule has 2 rings (SSSR count). The first-order valence-corrected chi connectivity index (χ1v) is 6.41. The molecular formula is C13H22N4. The minimum absolute atomic E-state index is 0.483. The van der Waals surface area contributed by atoms with Gasteiger partial charge in [-0.1, -0.05) is 13.8 Å². The van der Waals surface area contributed by atoms with Gasteiger partial charge in [0.15, 0.2) is 0 Å². The summed E-state index contributed by atoms with van der Waals surface area (Å²) in [4.78, 5) is 11.5. The second-order valence-electron chi connectivity index (χ2n) is 5.28. The van der Waals surface area contributed by atoms with Gasteiger partial charge in [-0.25, -0.2) is 9.97 Å². The summed E-state index contributed by atoms with van der Waals surface area (Å²) >= 11 is 0. The zero-order valence-electron chi connectivity index (χ0n) is 11.0. The Bertz CT molecular complexity index is 385. The number of aromatic nitrogens is 2. The summed E-state index contributed by atoms with van der Waals surface area (Å²) in [6, 6.07) is 2.61. The first kappa shape index (κ1) is 12.3. The maximum atomic E-state index is 5.67. The monoisotopic (exact) mass is 234 g/mol. The van der Waals surface area contributed by atoms with Crippen LogP contribution in [0.2, 0.25) is 0 Å². The summed E-state index contributed by atoms with van der Waals surface area (Å²) in [6.07, 6.45) is 2.53. The highest BCUT2D eigenvalue weighted by molar-refractivity contribution is 5.36. The van der Waals surface area contributed by atoms with Crippen molar-refractivity contribution in [2.24, 2.45) is 11.7 Å². The fraction of sp³-hybridized carbons (Fsp3) is 0.692. The number of hydrogen-bond donors (Lipinski definition) is 1. The van der Waals surface area contributed by atoms with Gasteiger partial charge in [0.2, 0.25) is 5.95 Å². The lowest BCUT2D eigenvalue weighted by molar-refractivity contribution is 0.595. The van der Waals surface area contributed by atoms with Crippen LogP contribution in [-0.2, 0) is 6.54 Å². The third-order valence-electron chi connectivity index (χ3n) is 2.91. The molecule has 1 aliphatic rings. The van der Waals surface area contributed by atoms with E-state index >= 15 is 0 Å². The molecule has 0 unspecified atom stereocenters. The van der Waals surface area contributed by atoms with Crippen LogP contribution in [0.15, 0.2) is 6.07 Å². The van der Waals surface area contributed by atoms with E-state index in [4.69, 9.17) is 5.73 Å². The predicted molar refractivity (Wildman–Crippen MR) is 69.9 cm³/mol. The topological polar surface area (TPSA) is 55.0 Å². The van der Waals surface area contributed by atoms with Crippen LogP contribution in [0.25, 0.3) is 0 Å². The molecule has 1 heterocycles. The van der Waals surface area contributed by atoms with Gasteiger partial charge >= 0.3 is 0 Å². The van der Waals surface area contributed by atoms with Crippen LogP contribution in [0.1, 0.15) is 38.1 Å². The highest BCUT2D eigenvalue weighted by Gasteiger charge is 2.31. The first-order valence-electron chi connectivity index (χ1n) is 6.41. The van der Waals surface area contributed by atoms with Gasteiger partial charge in [0.1, 0.15) is 0 Å². The fourth-order valence-electron chi connectivity index (χ4n) is 2.02. The highest BCUT2D eigenvalue weighted by atomic mass is 15.3. The van der Waals surface area contributed by atoms with Crippen molar-refractivity contribution in [1.29, 1.82) is 0 Å². The molecule has 4 nitrogen and oxygen atoms in total. The minimum atomic E-state index is 0.483. The molecule has 0 amide bonds. The van der Waals surface area contributed by atoms with E-state index in [1.54, 1.807) is 0 Å². The van der Waals surface area contributed by atoms with E-state index in [1.807, 2.05) is 13.0 Å². The van der Waals surface area contributed by atoms with Gasteiger partial charge in [0, 0.05) is 24.8 Å². The van der Waals surface area contributed by atoms with Gasteiger partial charge in [0.25, 0.3) is 0 Å². The maximum absolute atomic E-state index is 5.67.